The molecule has 0 aromatic carbocycles. The molecule has 5 N–H and O–H groups in total. The van der Waals surface area contributed by atoms with Crippen LogP contribution < -0.4 is 16.5 Å². The molecule has 5 nitrogen and oxygen atoms in total. The molecule has 1 atom stereocenters. The Hall–Kier alpha value is -0.200. The summed E-state index contributed by atoms with van der Waals surface area (Å²) in [5, 5.41) is 16.4. The number of nitrogens with two attached hydrogens (primary N) is 1. The quantitative estimate of drug-likeness (QED) is 0.294. The Morgan fingerprint density at radius 1 is 1.86 bits per heavy atom. The van der Waals surface area contributed by atoms with E-state index in [1.807, 2.05) is 0 Å². The van der Waals surface area contributed by atoms with E-state index in [0.717, 1.165) is 0 Å². The molecule has 7 heavy (non-hydrogen) atoms. The van der Waals surface area contributed by atoms with Crippen LogP contribution in [0.3, 0.4) is 0 Å². The van der Waals surface area contributed by atoms with Crippen LogP contribution in [0.1, 0.15) is 0 Å². The molecule has 0 rings (SSSR count). The van der Waals surface area contributed by atoms with Crippen LogP contribution in [0.25, 0.3) is 0 Å². The zero-order valence-electron chi connectivity index (χ0n) is 3.85. The van der Waals surface area contributed by atoms with Gasteiger partial charge in [0.25, 0.3) is 0 Å². The lowest BCUT2D eigenvalue weighted by atomic mass is 10.7. The third kappa shape index (κ3) is 5.80. The summed E-state index contributed by atoms with van der Waals surface area (Å²) < 4.78 is 0. The predicted octanol–water partition coefficient (Wildman–Crippen LogP) is -2.78. The third-order valence-electron chi connectivity index (χ3n) is 0.421. The fourth-order valence-corrected chi connectivity index (χ4v) is 0.179. The Bertz CT molecular complexity index is 39.9. The Morgan fingerprint density at radius 2 is 2.43 bits per heavy atom. The van der Waals surface area contributed by atoms with Gasteiger partial charge in [0.05, 0.1) is 6.54 Å². The first-order valence-corrected chi connectivity index (χ1v) is 1.94. The van der Waals surface area contributed by atoms with Crippen molar-refractivity contribution in [1.29, 1.82) is 0 Å². The normalized spacial score (nSPS) is 14.1. The van der Waals surface area contributed by atoms with Crippen molar-refractivity contribution in [1.82, 2.24) is 5.43 Å². The van der Waals surface area contributed by atoms with Gasteiger partial charge in [-0.05, 0) is 0 Å². The van der Waals surface area contributed by atoms with Gasteiger partial charge in [-0.3, -0.25) is 0 Å². The molecule has 0 aliphatic carbocycles. The standard InChI is InChI=1S/C2H9N3O2/c3-1-2-4-5(6)7/h4-6H,1-3H2. The summed E-state index contributed by atoms with van der Waals surface area (Å²) in [6.07, 6.45) is 0. The third-order valence-corrected chi connectivity index (χ3v) is 0.421. The van der Waals surface area contributed by atoms with Crippen LogP contribution in [0.2, 0.25) is 0 Å². The summed E-state index contributed by atoms with van der Waals surface area (Å²) in [6, 6.07) is 0. The van der Waals surface area contributed by atoms with Gasteiger partial charge in [-0.1, -0.05) is 0 Å². The highest BCUT2D eigenvalue weighted by Crippen LogP contribution is 1.34. The fraction of sp³-hybridized carbons (Fsp3) is 1.00. The second kappa shape index (κ2) is 3.97. The van der Waals surface area contributed by atoms with Gasteiger partial charge in [-0.25, -0.2) is 0 Å². The van der Waals surface area contributed by atoms with Gasteiger partial charge >= 0.3 is 0 Å². The van der Waals surface area contributed by atoms with E-state index in [0.29, 0.717) is 13.1 Å². The number of rotatable bonds is 3. The van der Waals surface area contributed by atoms with Crippen LogP contribution in [0.15, 0.2) is 0 Å². The predicted molar refractivity (Wildman–Crippen MR) is 23.2 cm³/mol. The van der Waals surface area contributed by atoms with Crippen molar-refractivity contribution in [3.63, 3.8) is 0 Å². The Kier molecular flexibility index (Phi) is 3.86. The van der Waals surface area contributed by atoms with Crippen molar-refractivity contribution in [2.24, 2.45) is 5.73 Å². The monoisotopic (exact) mass is 107 g/mol. The van der Waals surface area contributed by atoms with E-state index in [1.54, 1.807) is 0 Å². The minimum atomic E-state index is -1.02. The van der Waals surface area contributed by atoms with Gasteiger partial charge in [0.1, 0.15) is 0 Å². The van der Waals surface area contributed by atoms with Crippen molar-refractivity contribution in [3.05, 3.63) is 5.21 Å². The molecule has 0 fully saturated rings. The molecule has 0 aliphatic rings. The lowest BCUT2D eigenvalue weighted by Gasteiger charge is -2.10. The molecule has 0 saturated heterocycles. The van der Waals surface area contributed by atoms with Crippen LogP contribution in [0.4, 0.5) is 0 Å². The van der Waals surface area contributed by atoms with E-state index < -0.39 is 5.34 Å². The molecule has 0 radical (unpaired) electrons. The largest absolute Gasteiger partial charge is 0.580 e. The molecule has 0 heterocycles. The zero-order chi connectivity index (χ0) is 5.70. The highest BCUT2D eigenvalue weighted by Gasteiger charge is 1.82. The first-order chi connectivity index (χ1) is 3.27. The molecule has 0 spiro atoms. The van der Waals surface area contributed by atoms with E-state index in [9.17, 15) is 5.21 Å². The Morgan fingerprint density at radius 3 is 2.57 bits per heavy atom. The summed E-state index contributed by atoms with van der Waals surface area (Å²) in [5.74, 6) is 0. The van der Waals surface area contributed by atoms with Gasteiger partial charge in [-0.15, -0.1) is 5.43 Å². The van der Waals surface area contributed by atoms with Gasteiger partial charge in [-0.2, -0.15) is 10.5 Å². The molecular weight excluding hydrogens is 98.0 g/mol. The smallest absolute Gasteiger partial charge is 0.0604 e. The first kappa shape index (κ1) is 6.80. The maximum Gasteiger partial charge on any atom is 0.0604 e. The molecule has 44 valence electrons. The second-order valence-electron chi connectivity index (χ2n) is 1.02. The molecule has 1 unspecified atom stereocenters. The number of quaternary nitrogens is 1. The summed E-state index contributed by atoms with van der Waals surface area (Å²) in [7, 11) is 0. The van der Waals surface area contributed by atoms with Crippen LogP contribution in [-0.4, -0.2) is 18.3 Å². The summed E-state index contributed by atoms with van der Waals surface area (Å²) >= 11 is 0. The fourth-order valence-electron chi connectivity index (χ4n) is 0.179. The average Bonchev–Trinajstić information content (AvgIpc) is 1.61. The second-order valence-corrected chi connectivity index (χ2v) is 1.02. The van der Waals surface area contributed by atoms with E-state index in [4.69, 9.17) is 10.9 Å². The van der Waals surface area contributed by atoms with Gasteiger partial charge < -0.3 is 10.9 Å². The topological polar surface area (TPSA) is 85.8 Å². The molecule has 5 heteroatoms. The van der Waals surface area contributed by atoms with E-state index in [2.05, 4.69) is 5.43 Å². The van der Waals surface area contributed by atoms with Crippen molar-refractivity contribution in [2.75, 3.05) is 13.1 Å². The first-order valence-electron chi connectivity index (χ1n) is 1.94. The molecule has 0 aromatic heterocycles. The highest BCUT2D eigenvalue weighted by atomic mass is 16.8. The minimum Gasteiger partial charge on any atom is -0.580 e. The van der Waals surface area contributed by atoms with Gasteiger partial charge in [0, 0.05) is 6.54 Å². The molecule has 0 bridgehead atoms. The number of hydrogen-bond donors (Lipinski definition) is 4. The maximum absolute atomic E-state index is 9.59. The molecule has 0 aliphatic heterocycles. The average molecular weight is 107 g/mol. The maximum atomic E-state index is 9.59. The molecule has 0 aromatic rings. The van der Waals surface area contributed by atoms with E-state index >= 15 is 0 Å². The van der Waals surface area contributed by atoms with Crippen LogP contribution in [0, 0.1) is 5.21 Å². The van der Waals surface area contributed by atoms with Crippen molar-refractivity contribution >= 4 is 0 Å². The van der Waals surface area contributed by atoms with E-state index in [-0.39, 0.29) is 0 Å². The van der Waals surface area contributed by atoms with Gasteiger partial charge in [0.15, 0.2) is 0 Å². The summed E-state index contributed by atoms with van der Waals surface area (Å²) in [4.78, 5) is 0. The number of nitrogens with one attached hydrogen (secondary N) is 2. The molecular formula is C2H9N3O2. The van der Waals surface area contributed by atoms with Crippen LogP contribution in [-0.2, 0) is 0 Å². The van der Waals surface area contributed by atoms with Gasteiger partial charge in [0.2, 0.25) is 0 Å². The highest BCUT2D eigenvalue weighted by molar-refractivity contribution is 4.29. The number of hydrogen-bond acceptors (Lipinski definition) is 4. The Balaban J connectivity index is 2.68. The van der Waals surface area contributed by atoms with Crippen molar-refractivity contribution in [2.45, 2.75) is 0 Å². The summed E-state index contributed by atoms with van der Waals surface area (Å²) in [5.41, 5.74) is 7.04. The Labute approximate surface area is 41.2 Å². The molecule has 0 amide bonds. The van der Waals surface area contributed by atoms with Crippen molar-refractivity contribution < 1.29 is 10.5 Å². The lowest BCUT2D eigenvalue weighted by Crippen LogP contribution is -3.12. The van der Waals surface area contributed by atoms with Crippen molar-refractivity contribution in [3.8, 4) is 0 Å². The lowest BCUT2D eigenvalue weighted by molar-refractivity contribution is -1.08. The zero-order valence-corrected chi connectivity index (χ0v) is 3.85. The molecule has 0 saturated carbocycles. The SMILES string of the molecule is NCCN[NH+]([O-])O. The summed E-state index contributed by atoms with van der Waals surface area (Å²) in [6.45, 7) is 0.682. The van der Waals surface area contributed by atoms with Crippen LogP contribution in [0.5, 0.6) is 0 Å². The van der Waals surface area contributed by atoms with E-state index in [1.165, 1.54) is 0 Å². The minimum absolute atomic E-state index is 0.329. The van der Waals surface area contributed by atoms with Crippen LogP contribution >= 0.6 is 0 Å².